The minimum absolute atomic E-state index is 0.340. The molecule has 3 N–H and O–H groups in total. The van der Waals surface area contributed by atoms with Crippen LogP contribution in [-0.2, 0) is 17.3 Å². The second-order valence-electron chi connectivity index (χ2n) is 3.95. The van der Waals surface area contributed by atoms with Gasteiger partial charge in [-0.1, -0.05) is 0 Å². The van der Waals surface area contributed by atoms with Gasteiger partial charge in [0.2, 0.25) is 0 Å². The highest BCUT2D eigenvalue weighted by Gasteiger charge is 2.20. The van der Waals surface area contributed by atoms with Crippen molar-refractivity contribution in [3.63, 3.8) is 0 Å². The zero-order valence-electron chi connectivity index (χ0n) is 9.71. The van der Waals surface area contributed by atoms with Crippen LogP contribution in [0.3, 0.4) is 0 Å². The fraction of sp³-hybridized carbons (Fsp3) is 0.625. The molecule has 0 aliphatic carbocycles. The Balaban J connectivity index is 2.89. The van der Waals surface area contributed by atoms with Crippen molar-refractivity contribution in [1.29, 1.82) is 0 Å². The molecule has 0 aliphatic heterocycles. The smallest absolute Gasteiger partial charge is 0.299 e. The lowest BCUT2D eigenvalue weighted by Crippen LogP contribution is -3.06. The predicted octanol–water partition coefficient (Wildman–Crippen LogP) is -2.43. The number of quaternary nitrogens is 1. The molecule has 0 bridgehead atoms. The molecule has 7 nitrogen and oxygen atoms in total. The van der Waals surface area contributed by atoms with Crippen LogP contribution in [0, 0.1) is 0 Å². The average Bonchev–Trinajstić information content (AvgIpc) is 2.49. The van der Waals surface area contributed by atoms with Crippen LogP contribution in [-0.4, -0.2) is 45.4 Å². The van der Waals surface area contributed by atoms with Crippen molar-refractivity contribution < 1.29 is 13.3 Å². The van der Waals surface area contributed by atoms with E-state index in [0.717, 1.165) is 9.21 Å². The van der Waals surface area contributed by atoms with E-state index in [0.29, 0.717) is 18.8 Å². The number of hydrogen-bond acceptors (Lipinski definition) is 3. The summed E-state index contributed by atoms with van der Waals surface area (Å²) in [6.45, 7) is 1.01. The number of rotatable bonds is 5. The number of nitrogens with two attached hydrogens (primary N) is 1. The number of aromatic nitrogens is 2. The van der Waals surface area contributed by atoms with Gasteiger partial charge in [0.05, 0.1) is 39.1 Å². The van der Waals surface area contributed by atoms with Gasteiger partial charge in [-0.3, -0.25) is 4.68 Å². The van der Waals surface area contributed by atoms with Crippen molar-refractivity contribution in [2.45, 2.75) is 0 Å². The molecule has 92 valence electrons. The number of hydrogen-bond donors (Lipinski definition) is 2. The zero-order valence-corrected chi connectivity index (χ0v) is 10.5. The summed E-state index contributed by atoms with van der Waals surface area (Å²) >= 11 is 0. The molecule has 0 atom stereocenters. The molecule has 0 aliphatic rings. The molecule has 0 aromatic carbocycles. The van der Waals surface area contributed by atoms with E-state index in [-0.39, 0.29) is 0 Å². The van der Waals surface area contributed by atoms with Gasteiger partial charge in [-0.15, -0.1) is 0 Å². The molecule has 0 fully saturated rings. The van der Waals surface area contributed by atoms with Gasteiger partial charge in [0.15, 0.2) is 0 Å². The van der Waals surface area contributed by atoms with Gasteiger partial charge in [0.25, 0.3) is 10.2 Å². The molecule has 0 radical (unpaired) electrons. The topological polar surface area (TPSA) is 85.7 Å². The largest absolute Gasteiger partial charge is 0.338 e. The summed E-state index contributed by atoms with van der Waals surface area (Å²) in [5.74, 6) is 0. The molecule has 1 rings (SSSR count). The second kappa shape index (κ2) is 4.81. The lowest BCUT2D eigenvalue weighted by molar-refractivity contribution is -0.856. The normalized spacial score (nSPS) is 12.1. The highest BCUT2D eigenvalue weighted by Crippen LogP contribution is 2.13. The van der Waals surface area contributed by atoms with Gasteiger partial charge in [-0.05, 0) is 0 Å². The van der Waals surface area contributed by atoms with E-state index >= 15 is 0 Å². The van der Waals surface area contributed by atoms with Crippen LogP contribution in [0.1, 0.15) is 0 Å². The van der Waals surface area contributed by atoms with E-state index in [9.17, 15) is 8.42 Å². The Morgan fingerprint density at radius 3 is 2.56 bits per heavy atom. The molecule has 0 unspecified atom stereocenters. The van der Waals surface area contributed by atoms with Gasteiger partial charge >= 0.3 is 0 Å². The first-order valence-electron chi connectivity index (χ1n) is 4.89. The Kier molecular flexibility index (Phi) is 3.89. The molecule has 0 saturated carbocycles. The lowest BCUT2D eigenvalue weighted by atomic mass is 10.5. The zero-order chi connectivity index (χ0) is 12.3. The summed E-state index contributed by atoms with van der Waals surface area (Å²) < 4.78 is 25.5. The Bertz CT molecular complexity index is 439. The third-order valence-electron chi connectivity index (χ3n) is 2.10. The van der Waals surface area contributed by atoms with Crippen LogP contribution >= 0.6 is 0 Å². The average molecular weight is 248 g/mol. The maximum atomic E-state index is 11.4. The van der Waals surface area contributed by atoms with Gasteiger partial charge < -0.3 is 4.90 Å². The highest BCUT2D eigenvalue weighted by atomic mass is 32.2. The number of nitrogens with zero attached hydrogens (tertiary/aromatic N) is 3. The Labute approximate surface area is 95.6 Å². The SMILES string of the molecule is Cn1cc(N(CC[NH+](C)C)S(N)(=O)=O)cn1. The summed E-state index contributed by atoms with van der Waals surface area (Å²) in [5, 5.41) is 9.09. The number of likely N-dealkylation sites (N-methyl/N-ethyl adjacent to an activating group) is 1. The van der Waals surface area contributed by atoms with E-state index in [1.165, 1.54) is 10.9 Å². The van der Waals surface area contributed by atoms with E-state index in [2.05, 4.69) is 5.10 Å². The molecule has 0 spiro atoms. The van der Waals surface area contributed by atoms with Crippen LogP contribution in [0.4, 0.5) is 5.69 Å². The van der Waals surface area contributed by atoms with Crippen LogP contribution in [0.15, 0.2) is 12.4 Å². The van der Waals surface area contributed by atoms with Crippen molar-refractivity contribution in [3.8, 4) is 0 Å². The predicted molar refractivity (Wildman–Crippen MR) is 61.3 cm³/mol. The molecule has 16 heavy (non-hydrogen) atoms. The summed E-state index contributed by atoms with van der Waals surface area (Å²) in [6.07, 6.45) is 3.10. The lowest BCUT2D eigenvalue weighted by Gasteiger charge is -2.20. The molecule has 1 heterocycles. The second-order valence-corrected chi connectivity index (χ2v) is 5.42. The van der Waals surface area contributed by atoms with Crippen LogP contribution < -0.4 is 14.3 Å². The van der Waals surface area contributed by atoms with E-state index < -0.39 is 10.2 Å². The standard InChI is InChI=1S/C8H17N5O2S/c1-11(2)4-5-13(16(9,14)15)8-6-10-12(3)7-8/h6-7H,4-5H2,1-3H3,(H2,9,14,15)/p+1. The van der Waals surface area contributed by atoms with Crippen molar-refractivity contribution in [1.82, 2.24) is 9.78 Å². The van der Waals surface area contributed by atoms with Crippen molar-refractivity contribution in [2.24, 2.45) is 12.2 Å². The Morgan fingerprint density at radius 2 is 2.19 bits per heavy atom. The molecule has 0 saturated heterocycles. The maximum absolute atomic E-state index is 11.4. The number of anilines is 1. The third-order valence-corrected chi connectivity index (χ3v) is 3.11. The summed E-state index contributed by atoms with van der Waals surface area (Å²) in [4.78, 5) is 1.15. The van der Waals surface area contributed by atoms with Crippen molar-refractivity contribution >= 4 is 15.9 Å². The molecular weight excluding hydrogens is 230 g/mol. The van der Waals surface area contributed by atoms with E-state index in [1.54, 1.807) is 13.2 Å². The monoisotopic (exact) mass is 248 g/mol. The first kappa shape index (κ1) is 12.9. The first-order valence-corrected chi connectivity index (χ1v) is 6.39. The van der Waals surface area contributed by atoms with Crippen LogP contribution in [0.25, 0.3) is 0 Å². The molecular formula is C8H18N5O2S+. The third kappa shape index (κ3) is 3.47. The minimum atomic E-state index is -3.73. The Morgan fingerprint density at radius 1 is 1.56 bits per heavy atom. The van der Waals surface area contributed by atoms with E-state index in [4.69, 9.17) is 5.14 Å². The summed E-state index contributed by atoms with van der Waals surface area (Å²) in [6, 6.07) is 0. The van der Waals surface area contributed by atoms with Gasteiger partial charge in [-0.2, -0.15) is 13.5 Å². The molecule has 1 aromatic rings. The molecule has 8 heteroatoms. The number of aryl methyl sites for hydroxylation is 1. The van der Waals surface area contributed by atoms with Gasteiger partial charge in [0, 0.05) is 13.2 Å². The number of nitrogens with one attached hydrogen (secondary N) is 1. The van der Waals surface area contributed by atoms with Gasteiger partial charge in [-0.25, -0.2) is 9.44 Å². The Hall–Kier alpha value is -1.12. The van der Waals surface area contributed by atoms with Crippen molar-refractivity contribution in [3.05, 3.63) is 12.4 Å². The summed E-state index contributed by atoms with van der Waals surface area (Å²) in [7, 11) is 1.89. The fourth-order valence-corrected chi connectivity index (χ4v) is 2.00. The van der Waals surface area contributed by atoms with E-state index in [1.807, 2.05) is 14.1 Å². The van der Waals surface area contributed by atoms with Gasteiger partial charge in [0.1, 0.15) is 0 Å². The quantitative estimate of drug-likeness (QED) is 0.608. The maximum Gasteiger partial charge on any atom is 0.299 e. The first-order chi connectivity index (χ1) is 7.30. The van der Waals surface area contributed by atoms with Crippen LogP contribution in [0.5, 0.6) is 0 Å². The molecule has 1 aromatic heterocycles. The highest BCUT2D eigenvalue weighted by molar-refractivity contribution is 7.90. The summed E-state index contributed by atoms with van der Waals surface area (Å²) in [5.41, 5.74) is 0.492. The minimum Gasteiger partial charge on any atom is -0.338 e. The van der Waals surface area contributed by atoms with Crippen LogP contribution in [0.2, 0.25) is 0 Å². The molecule has 0 amide bonds. The van der Waals surface area contributed by atoms with Crippen molar-refractivity contribution in [2.75, 3.05) is 31.5 Å². The fourth-order valence-electron chi connectivity index (χ4n) is 1.27.